The summed E-state index contributed by atoms with van der Waals surface area (Å²) in [6.07, 6.45) is 0.600. The number of hydrogen-bond donors (Lipinski definition) is 1. The van der Waals surface area contributed by atoms with Gasteiger partial charge in [-0.2, -0.15) is 0 Å². The standard InChI is InChI=1S/C17H20N2O3S2/c1-10(2)8-19-16-14(15(21)18(3)17(19)22)12(13(9-20)24-16)7-11-5-4-6-23-11/h4-6,10,20H,7-9H2,1-3H3. The van der Waals surface area contributed by atoms with Crippen LogP contribution >= 0.6 is 22.7 Å². The molecule has 0 atom stereocenters. The zero-order valence-corrected chi connectivity index (χ0v) is 15.5. The van der Waals surface area contributed by atoms with Crippen molar-refractivity contribution in [3.63, 3.8) is 0 Å². The molecule has 0 aliphatic rings. The van der Waals surface area contributed by atoms with Crippen molar-refractivity contribution in [3.05, 3.63) is 53.7 Å². The van der Waals surface area contributed by atoms with Crippen LogP contribution in [0.4, 0.5) is 0 Å². The van der Waals surface area contributed by atoms with Crippen LogP contribution in [-0.2, 0) is 26.6 Å². The topological polar surface area (TPSA) is 64.2 Å². The maximum atomic E-state index is 12.7. The van der Waals surface area contributed by atoms with Crippen molar-refractivity contribution in [1.29, 1.82) is 0 Å². The van der Waals surface area contributed by atoms with Gasteiger partial charge in [-0.05, 0) is 22.9 Å². The number of thiophene rings is 2. The number of nitrogens with zero attached hydrogens (tertiary/aromatic N) is 2. The number of fused-ring (bicyclic) bond motifs is 1. The minimum Gasteiger partial charge on any atom is -0.391 e. The third-order valence-corrected chi connectivity index (χ3v) is 6.09. The maximum absolute atomic E-state index is 12.7. The number of rotatable bonds is 5. The number of hydrogen-bond acceptors (Lipinski definition) is 5. The highest BCUT2D eigenvalue weighted by Crippen LogP contribution is 2.31. The van der Waals surface area contributed by atoms with E-state index < -0.39 is 0 Å². The van der Waals surface area contributed by atoms with Gasteiger partial charge in [0.2, 0.25) is 0 Å². The number of aromatic nitrogens is 2. The Balaban J connectivity index is 2.34. The van der Waals surface area contributed by atoms with E-state index in [1.54, 1.807) is 15.9 Å². The van der Waals surface area contributed by atoms with Gasteiger partial charge in [-0.1, -0.05) is 19.9 Å². The van der Waals surface area contributed by atoms with E-state index in [0.29, 0.717) is 23.2 Å². The van der Waals surface area contributed by atoms with Gasteiger partial charge in [0, 0.05) is 29.8 Å². The van der Waals surface area contributed by atoms with Crippen molar-refractivity contribution in [2.75, 3.05) is 0 Å². The van der Waals surface area contributed by atoms with Crippen molar-refractivity contribution >= 4 is 32.9 Å². The normalized spacial score (nSPS) is 11.7. The first-order valence-corrected chi connectivity index (χ1v) is 9.51. The molecule has 7 heteroatoms. The minimum absolute atomic E-state index is 0.126. The zero-order valence-electron chi connectivity index (χ0n) is 13.9. The third-order valence-electron chi connectivity index (χ3n) is 3.98. The molecule has 0 radical (unpaired) electrons. The van der Waals surface area contributed by atoms with Crippen LogP contribution in [0.1, 0.15) is 29.2 Å². The fourth-order valence-corrected chi connectivity index (χ4v) is 4.75. The fourth-order valence-electron chi connectivity index (χ4n) is 2.86. The van der Waals surface area contributed by atoms with E-state index in [4.69, 9.17) is 0 Å². The highest BCUT2D eigenvalue weighted by molar-refractivity contribution is 7.18. The molecule has 0 aromatic carbocycles. The average Bonchev–Trinajstić information content (AvgIpc) is 3.17. The van der Waals surface area contributed by atoms with Crippen LogP contribution in [0.15, 0.2) is 27.1 Å². The Morgan fingerprint density at radius 3 is 2.62 bits per heavy atom. The quantitative estimate of drug-likeness (QED) is 0.757. The summed E-state index contributed by atoms with van der Waals surface area (Å²) in [7, 11) is 1.52. The van der Waals surface area contributed by atoms with Crippen LogP contribution in [0.3, 0.4) is 0 Å². The molecule has 0 amide bonds. The van der Waals surface area contributed by atoms with E-state index in [9.17, 15) is 14.7 Å². The van der Waals surface area contributed by atoms with Crippen LogP contribution in [-0.4, -0.2) is 14.2 Å². The second kappa shape index (κ2) is 6.66. The molecule has 128 valence electrons. The molecular weight excluding hydrogens is 344 g/mol. The van der Waals surface area contributed by atoms with E-state index in [2.05, 4.69) is 0 Å². The van der Waals surface area contributed by atoms with E-state index in [-0.39, 0.29) is 23.8 Å². The lowest BCUT2D eigenvalue weighted by Crippen LogP contribution is -2.38. The molecule has 24 heavy (non-hydrogen) atoms. The van der Waals surface area contributed by atoms with Gasteiger partial charge in [0.25, 0.3) is 5.56 Å². The molecule has 0 unspecified atom stereocenters. The molecule has 5 nitrogen and oxygen atoms in total. The second-order valence-electron chi connectivity index (χ2n) is 6.25. The van der Waals surface area contributed by atoms with Crippen molar-refractivity contribution in [2.45, 2.75) is 33.4 Å². The first kappa shape index (κ1) is 17.1. The Morgan fingerprint density at radius 2 is 2.04 bits per heavy atom. The second-order valence-corrected chi connectivity index (χ2v) is 8.37. The van der Waals surface area contributed by atoms with E-state index in [1.165, 1.54) is 23.0 Å². The van der Waals surface area contributed by atoms with Gasteiger partial charge in [0.05, 0.1) is 12.0 Å². The van der Waals surface area contributed by atoms with Crippen LogP contribution < -0.4 is 11.2 Å². The lowest BCUT2D eigenvalue weighted by Gasteiger charge is -2.11. The van der Waals surface area contributed by atoms with Crippen LogP contribution in [0.5, 0.6) is 0 Å². The maximum Gasteiger partial charge on any atom is 0.331 e. The van der Waals surface area contributed by atoms with Crippen molar-refractivity contribution in [1.82, 2.24) is 9.13 Å². The molecule has 0 aliphatic heterocycles. The summed E-state index contributed by atoms with van der Waals surface area (Å²) in [6, 6.07) is 3.99. The summed E-state index contributed by atoms with van der Waals surface area (Å²) in [5, 5.41) is 12.3. The average molecular weight is 364 g/mol. The van der Waals surface area contributed by atoms with Gasteiger partial charge in [-0.3, -0.25) is 13.9 Å². The molecule has 0 saturated carbocycles. The molecule has 3 heterocycles. The predicted molar refractivity (Wildman–Crippen MR) is 99.2 cm³/mol. The van der Waals surface area contributed by atoms with Crippen LogP contribution in [0.25, 0.3) is 10.2 Å². The predicted octanol–water partition coefficient (Wildman–Crippen LogP) is 2.56. The molecule has 0 aliphatic carbocycles. The fraction of sp³-hybridized carbons (Fsp3) is 0.412. The van der Waals surface area contributed by atoms with Gasteiger partial charge in [-0.15, -0.1) is 22.7 Å². The Hall–Kier alpha value is -1.70. The Kier molecular flexibility index (Phi) is 4.76. The molecular formula is C17H20N2O3S2. The monoisotopic (exact) mass is 364 g/mol. The van der Waals surface area contributed by atoms with Crippen LogP contribution in [0.2, 0.25) is 0 Å². The van der Waals surface area contributed by atoms with Crippen molar-refractivity contribution < 1.29 is 5.11 Å². The molecule has 1 N–H and O–H groups in total. The zero-order chi connectivity index (χ0) is 17.4. The summed E-state index contributed by atoms with van der Waals surface area (Å²) < 4.78 is 2.85. The third kappa shape index (κ3) is 2.87. The Labute approximate surface area is 147 Å². The van der Waals surface area contributed by atoms with E-state index >= 15 is 0 Å². The number of aliphatic hydroxyl groups is 1. The molecule has 0 spiro atoms. The molecule has 0 saturated heterocycles. The van der Waals surface area contributed by atoms with Gasteiger partial charge in [-0.25, -0.2) is 4.79 Å². The highest BCUT2D eigenvalue weighted by atomic mass is 32.1. The largest absolute Gasteiger partial charge is 0.391 e. The Bertz CT molecular complexity index is 978. The van der Waals surface area contributed by atoms with Crippen molar-refractivity contribution in [3.8, 4) is 0 Å². The van der Waals surface area contributed by atoms with Gasteiger partial charge >= 0.3 is 5.69 Å². The molecule has 3 aromatic rings. The SMILES string of the molecule is CC(C)Cn1c(=O)n(C)c(=O)c2c(Cc3cccs3)c(CO)sc21. The lowest BCUT2D eigenvalue weighted by molar-refractivity contribution is 0.285. The smallest absolute Gasteiger partial charge is 0.331 e. The highest BCUT2D eigenvalue weighted by Gasteiger charge is 2.21. The van der Waals surface area contributed by atoms with Crippen LogP contribution in [0, 0.1) is 5.92 Å². The summed E-state index contributed by atoms with van der Waals surface area (Å²) in [4.78, 5) is 27.8. The lowest BCUT2D eigenvalue weighted by atomic mass is 10.1. The first-order chi connectivity index (χ1) is 11.4. The van der Waals surface area contributed by atoms with Crippen molar-refractivity contribution in [2.24, 2.45) is 13.0 Å². The molecule has 0 fully saturated rings. The summed E-state index contributed by atoms with van der Waals surface area (Å²) in [6.45, 7) is 4.50. The first-order valence-electron chi connectivity index (χ1n) is 7.81. The van der Waals surface area contributed by atoms with E-state index in [0.717, 1.165) is 15.3 Å². The van der Waals surface area contributed by atoms with Gasteiger partial charge in [0.1, 0.15) is 4.83 Å². The molecule has 3 rings (SSSR count). The van der Waals surface area contributed by atoms with Gasteiger partial charge < -0.3 is 5.11 Å². The summed E-state index contributed by atoms with van der Waals surface area (Å²) in [5.74, 6) is 0.281. The van der Waals surface area contributed by atoms with E-state index in [1.807, 2.05) is 31.4 Å². The van der Waals surface area contributed by atoms with Gasteiger partial charge in [0.15, 0.2) is 0 Å². The minimum atomic E-state index is -0.297. The molecule has 3 aromatic heterocycles. The molecule has 0 bridgehead atoms. The number of aliphatic hydroxyl groups excluding tert-OH is 1. The summed E-state index contributed by atoms with van der Waals surface area (Å²) in [5.41, 5.74) is 0.269. The Morgan fingerprint density at radius 1 is 1.29 bits per heavy atom. The summed E-state index contributed by atoms with van der Waals surface area (Å²) >= 11 is 2.98.